The van der Waals surface area contributed by atoms with Crippen molar-refractivity contribution in [1.29, 1.82) is 0 Å². The highest BCUT2D eigenvalue weighted by Crippen LogP contribution is 2.26. The number of rotatable bonds is 4. The molecule has 0 aliphatic rings. The molecule has 5 rings (SSSR count). The van der Waals surface area contributed by atoms with Crippen LogP contribution in [0.25, 0.3) is 34.2 Å². The maximum absolute atomic E-state index is 5.99. The predicted molar refractivity (Wildman–Crippen MR) is 113 cm³/mol. The van der Waals surface area contributed by atoms with Crippen molar-refractivity contribution in [3.05, 3.63) is 82.8 Å². The molecule has 0 amide bonds. The summed E-state index contributed by atoms with van der Waals surface area (Å²) >= 11 is 12.0. The van der Waals surface area contributed by atoms with E-state index in [2.05, 4.69) is 31.1 Å². The zero-order valence-corrected chi connectivity index (χ0v) is 16.8. The lowest BCUT2D eigenvalue weighted by Gasteiger charge is -2.08. The van der Waals surface area contributed by atoms with Crippen LogP contribution >= 0.6 is 23.2 Å². The molecule has 2 heterocycles. The summed E-state index contributed by atoms with van der Waals surface area (Å²) in [7, 11) is 0. The molecule has 10 heteroatoms. The van der Waals surface area contributed by atoms with Crippen molar-refractivity contribution in [2.45, 2.75) is 0 Å². The molecule has 30 heavy (non-hydrogen) atoms. The standard InChI is InChI=1S/C20H12Cl2N8/c21-15-4-8-17(9-5-15)29-19(23-25-27-29)13-2-1-3-14(12-13)20-24-26-28-30(20)18-10-6-16(22)7-11-18/h1-12H. The molecule has 0 N–H and O–H groups in total. The summed E-state index contributed by atoms with van der Waals surface area (Å²) in [6.45, 7) is 0. The zero-order chi connectivity index (χ0) is 20.5. The minimum absolute atomic E-state index is 0.588. The summed E-state index contributed by atoms with van der Waals surface area (Å²) in [4.78, 5) is 0. The molecule has 0 radical (unpaired) electrons. The Bertz CT molecular complexity index is 1210. The zero-order valence-electron chi connectivity index (χ0n) is 15.3. The lowest BCUT2D eigenvalue weighted by molar-refractivity contribution is 0.790. The van der Waals surface area contributed by atoms with Crippen molar-refractivity contribution in [2.75, 3.05) is 0 Å². The molecular formula is C20H12Cl2N8. The third kappa shape index (κ3) is 3.42. The van der Waals surface area contributed by atoms with E-state index in [1.54, 1.807) is 33.6 Å². The first kappa shape index (κ1) is 18.4. The van der Waals surface area contributed by atoms with E-state index in [0.29, 0.717) is 21.7 Å². The van der Waals surface area contributed by atoms with Gasteiger partial charge in [0.25, 0.3) is 0 Å². The van der Waals surface area contributed by atoms with Crippen LogP contribution in [0.4, 0.5) is 0 Å². The third-order valence-corrected chi connectivity index (χ3v) is 4.96. The summed E-state index contributed by atoms with van der Waals surface area (Å²) < 4.78 is 3.30. The fourth-order valence-electron chi connectivity index (χ4n) is 3.04. The van der Waals surface area contributed by atoms with Crippen LogP contribution in [0.1, 0.15) is 0 Å². The largest absolute Gasteiger partial charge is 0.193 e. The maximum atomic E-state index is 5.99. The second-order valence-corrected chi connectivity index (χ2v) is 7.24. The number of nitrogens with zero attached hydrogens (tertiary/aromatic N) is 8. The van der Waals surface area contributed by atoms with E-state index in [9.17, 15) is 0 Å². The van der Waals surface area contributed by atoms with Crippen LogP contribution in [0.15, 0.2) is 72.8 Å². The Labute approximate surface area is 180 Å². The SMILES string of the molecule is Clc1ccc(-n2nnnc2-c2cccc(-c3nnnn3-c3ccc(Cl)cc3)c2)cc1. The summed E-state index contributed by atoms with van der Waals surface area (Å²) in [5.74, 6) is 1.18. The van der Waals surface area contributed by atoms with Gasteiger partial charge in [0.2, 0.25) is 0 Å². The molecule has 0 unspecified atom stereocenters. The Morgan fingerprint density at radius 1 is 0.567 bits per heavy atom. The summed E-state index contributed by atoms with van der Waals surface area (Å²) in [6, 6.07) is 22.3. The average molecular weight is 435 g/mol. The number of aromatic nitrogens is 8. The second-order valence-electron chi connectivity index (χ2n) is 6.36. The molecule has 0 atom stereocenters. The van der Waals surface area contributed by atoms with E-state index >= 15 is 0 Å². The number of hydrogen-bond donors (Lipinski definition) is 0. The number of tetrazole rings is 2. The van der Waals surface area contributed by atoms with Crippen molar-refractivity contribution in [1.82, 2.24) is 40.4 Å². The number of halogens is 2. The molecule has 8 nitrogen and oxygen atoms in total. The van der Waals surface area contributed by atoms with E-state index in [1.807, 2.05) is 48.5 Å². The lowest BCUT2D eigenvalue weighted by atomic mass is 10.1. The minimum atomic E-state index is 0.588. The van der Waals surface area contributed by atoms with Crippen molar-refractivity contribution >= 4 is 23.2 Å². The van der Waals surface area contributed by atoms with Crippen molar-refractivity contribution in [2.24, 2.45) is 0 Å². The van der Waals surface area contributed by atoms with Gasteiger partial charge in [-0.25, -0.2) is 0 Å². The van der Waals surface area contributed by atoms with Crippen LogP contribution in [0, 0.1) is 0 Å². The fourth-order valence-corrected chi connectivity index (χ4v) is 3.30. The molecule has 146 valence electrons. The first-order valence-electron chi connectivity index (χ1n) is 8.88. The van der Waals surface area contributed by atoms with E-state index < -0.39 is 0 Å². The van der Waals surface area contributed by atoms with Crippen LogP contribution in [-0.4, -0.2) is 40.4 Å². The highest BCUT2D eigenvalue weighted by Gasteiger charge is 2.15. The topological polar surface area (TPSA) is 87.2 Å². The molecule has 5 aromatic rings. The van der Waals surface area contributed by atoms with Crippen molar-refractivity contribution in [3.63, 3.8) is 0 Å². The number of hydrogen-bond acceptors (Lipinski definition) is 6. The third-order valence-electron chi connectivity index (χ3n) is 4.46. The van der Waals surface area contributed by atoms with E-state index in [0.717, 1.165) is 22.5 Å². The molecule has 0 aliphatic heterocycles. The predicted octanol–water partition coefficient (Wildman–Crippen LogP) is 4.28. The molecule has 0 bridgehead atoms. The molecular weight excluding hydrogens is 423 g/mol. The normalized spacial score (nSPS) is 11.0. The van der Waals surface area contributed by atoms with E-state index in [1.165, 1.54) is 0 Å². The fraction of sp³-hybridized carbons (Fsp3) is 0. The van der Waals surface area contributed by atoms with Crippen LogP contribution < -0.4 is 0 Å². The molecule has 0 fully saturated rings. The monoisotopic (exact) mass is 434 g/mol. The molecule has 0 saturated carbocycles. The molecule has 0 aliphatic carbocycles. The van der Waals surface area contributed by atoms with Crippen LogP contribution in [-0.2, 0) is 0 Å². The van der Waals surface area contributed by atoms with Crippen LogP contribution in [0.3, 0.4) is 0 Å². The smallest absolute Gasteiger partial charge is 0.187 e. The maximum Gasteiger partial charge on any atom is 0.187 e. The van der Waals surface area contributed by atoms with Gasteiger partial charge in [0, 0.05) is 21.2 Å². The highest BCUT2D eigenvalue weighted by molar-refractivity contribution is 6.30. The molecule has 0 saturated heterocycles. The van der Waals surface area contributed by atoms with Gasteiger partial charge in [-0.2, -0.15) is 9.36 Å². The first-order chi connectivity index (χ1) is 14.7. The van der Waals surface area contributed by atoms with Gasteiger partial charge in [0.1, 0.15) is 0 Å². The number of benzene rings is 3. The summed E-state index contributed by atoms with van der Waals surface area (Å²) in [5.41, 5.74) is 3.24. The summed E-state index contributed by atoms with van der Waals surface area (Å²) in [6.07, 6.45) is 0. The van der Waals surface area contributed by atoms with Gasteiger partial charge in [0.05, 0.1) is 11.4 Å². The quantitative estimate of drug-likeness (QED) is 0.419. The highest BCUT2D eigenvalue weighted by atomic mass is 35.5. The summed E-state index contributed by atoms with van der Waals surface area (Å²) in [5, 5.41) is 25.6. The van der Waals surface area contributed by atoms with Crippen molar-refractivity contribution < 1.29 is 0 Å². The van der Waals surface area contributed by atoms with Gasteiger partial charge < -0.3 is 0 Å². The molecule has 2 aromatic heterocycles. The van der Waals surface area contributed by atoms with Gasteiger partial charge in [-0.15, -0.1) is 10.2 Å². The van der Waals surface area contributed by atoms with E-state index in [-0.39, 0.29) is 0 Å². The first-order valence-corrected chi connectivity index (χ1v) is 9.64. The Morgan fingerprint density at radius 2 is 1.00 bits per heavy atom. The average Bonchev–Trinajstić information content (AvgIpc) is 3.45. The van der Waals surface area contributed by atoms with Gasteiger partial charge in [-0.3, -0.25) is 0 Å². The van der Waals surface area contributed by atoms with Crippen LogP contribution in [0.2, 0.25) is 10.0 Å². The van der Waals surface area contributed by atoms with Gasteiger partial charge in [0.15, 0.2) is 11.6 Å². The second kappa shape index (κ2) is 7.66. The minimum Gasteiger partial charge on any atom is -0.193 e. The molecule has 0 spiro atoms. The van der Waals surface area contributed by atoms with Gasteiger partial charge >= 0.3 is 0 Å². The Kier molecular flexibility index (Phi) is 4.70. The Balaban J connectivity index is 1.56. The van der Waals surface area contributed by atoms with E-state index in [4.69, 9.17) is 23.2 Å². The lowest BCUT2D eigenvalue weighted by Crippen LogP contribution is -2.01. The Hall–Kier alpha value is -3.62. The molecule has 3 aromatic carbocycles. The van der Waals surface area contributed by atoms with Crippen LogP contribution in [0.5, 0.6) is 0 Å². The van der Waals surface area contributed by atoms with Gasteiger partial charge in [-0.1, -0.05) is 41.4 Å². The van der Waals surface area contributed by atoms with Gasteiger partial charge in [-0.05, 0) is 75.5 Å². The van der Waals surface area contributed by atoms with Crippen molar-refractivity contribution in [3.8, 4) is 34.2 Å². The Morgan fingerprint density at radius 3 is 1.43 bits per heavy atom.